The number of rotatable bonds is 2. The molecule has 78 valence electrons. The van der Waals surface area contributed by atoms with E-state index < -0.39 is 11.6 Å². The average Bonchev–Trinajstić information content (AvgIpc) is 2.15. The SMILES string of the molecule is CC(C)(F)c1cc(C#N)cc(C(=O)O)c1. The Bertz CT molecular complexity index is 441. The van der Waals surface area contributed by atoms with E-state index in [4.69, 9.17) is 10.4 Å². The summed E-state index contributed by atoms with van der Waals surface area (Å²) in [7, 11) is 0. The first-order valence-corrected chi connectivity index (χ1v) is 4.32. The predicted octanol–water partition coefficient (Wildman–Crippen LogP) is 2.46. The molecule has 0 atom stereocenters. The third kappa shape index (κ3) is 2.53. The molecule has 1 rings (SSSR count). The summed E-state index contributed by atoms with van der Waals surface area (Å²) < 4.78 is 13.6. The molecule has 4 heteroatoms. The largest absolute Gasteiger partial charge is 0.478 e. The van der Waals surface area contributed by atoms with E-state index in [9.17, 15) is 9.18 Å². The van der Waals surface area contributed by atoms with Crippen LogP contribution in [-0.4, -0.2) is 11.1 Å². The number of halogens is 1. The molecule has 0 amide bonds. The maximum absolute atomic E-state index is 13.6. The second-order valence-electron chi connectivity index (χ2n) is 3.69. The molecule has 0 aliphatic heterocycles. The van der Waals surface area contributed by atoms with Gasteiger partial charge in [-0.05, 0) is 37.6 Å². The van der Waals surface area contributed by atoms with E-state index in [1.165, 1.54) is 32.0 Å². The van der Waals surface area contributed by atoms with Crippen LogP contribution in [0.5, 0.6) is 0 Å². The Morgan fingerprint density at radius 3 is 2.47 bits per heavy atom. The van der Waals surface area contributed by atoms with Gasteiger partial charge in [0.05, 0.1) is 17.2 Å². The smallest absolute Gasteiger partial charge is 0.335 e. The molecule has 1 aromatic rings. The number of carboxylic acid groups (broad SMARTS) is 1. The van der Waals surface area contributed by atoms with Crippen LogP contribution in [0.15, 0.2) is 18.2 Å². The molecule has 0 aliphatic rings. The van der Waals surface area contributed by atoms with Crippen LogP contribution in [0.3, 0.4) is 0 Å². The lowest BCUT2D eigenvalue weighted by Gasteiger charge is -2.15. The average molecular weight is 207 g/mol. The highest BCUT2D eigenvalue weighted by molar-refractivity contribution is 5.88. The zero-order chi connectivity index (χ0) is 11.6. The Hall–Kier alpha value is -1.89. The molecular formula is C11H10FNO2. The molecule has 0 unspecified atom stereocenters. The second kappa shape index (κ2) is 3.70. The molecule has 0 fully saturated rings. The van der Waals surface area contributed by atoms with Gasteiger partial charge in [0.15, 0.2) is 0 Å². The van der Waals surface area contributed by atoms with Gasteiger partial charge in [-0.3, -0.25) is 0 Å². The highest BCUT2D eigenvalue weighted by atomic mass is 19.1. The van der Waals surface area contributed by atoms with Gasteiger partial charge in [-0.25, -0.2) is 9.18 Å². The molecule has 0 saturated carbocycles. The minimum absolute atomic E-state index is 0.0743. The summed E-state index contributed by atoms with van der Waals surface area (Å²) in [5, 5.41) is 17.4. The van der Waals surface area contributed by atoms with Crippen molar-refractivity contribution in [1.29, 1.82) is 5.26 Å². The lowest BCUT2D eigenvalue weighted by molar-refractivity contribution is 0.0696. The minimum atomic E-state index is -1.66. The maximum Gasteiger partial charge on any atom is 0.335 e. The molecule has 0 bridgehead atoms. The van der Waals surface area contributed by atoms with Gasteiger partial charge >= 0.3 is 5.97 Å². The highest BCUT2D eigenvalue weighted by Crippen LogP contribution is 2.26. The molecular weight excluding hydrogens is 197 g/mol. The van der Waals surface area contributed by atoms with Crippen LogP contribution in [0.1, 0.15) is 35.3 Å². The van der Waals surface area contributed by atoms with E-state index in [-0.39, 0.29) is 16.7 Å². The molecule has 0 saturated heterocycles. The first-order chi connectivity index (χ1) is 6.84. The van der Waals surface area contributed by atoms with Gasteiger partial charge in [0, 0.05) is 0 Å². The summed E-state index contributed by atoms with van der Waals surface area (Å²) in [6.07, 6.45) is 0. The zero-order valence-corrected chi connectivity index (χ0v) is 8.41. The number of hydrogen-bond donors (Lipinski definition) is 1. The molecule has 0 spiro atoms. The molecule has 1 N–H and O–H groups in total. The lowest BCUT2D eigenvalue weighted by atomic mass is 9.96. The zero-order valence-electron chi connectivity index (χ0n) is 8.41. The normalized spacial score (nSPS) is 10.8. The Labute approximate surface area is 86.8 Å². The van der Waals surface area contributed by atoms with Crippen LogP contribution >= 0.6 is 0 Å². The molecule has 0 heterocycles. The Kier molecular flexibility index (Phi) is 2.76. The van der Waals surface area contributed by atoms with Crippen LogP contribution in [0.25, 0.3) is 0 Å². The van der Waals surface area contributed by atoms with Gasteiger partial charge < -0.3 is 5.11 Å². The van der Waals surface area contributed by atoms with Crippen molar-refractivity contribution >= 4 is 5.97 Å². The number of hydrogen-bond acceptors (Lipinski definition) is 2. The first kappa shape index (κ1) is 11.2. The molecule has 0 aliphatic carbocycles. The molecule has 0 radical (unpaired) electrons. The van der Waals surface area contributed by atoms with Crippen molar-refractivity contribution in [3.63, 3.8) is 0 Å². The number of carbonyl (C=O) groups is 1. The standard InChI is InChI=1S/C11H10FNO2/c1-11(2,12)9-4-7(6-13)3-8(5-9)10(14)15/h3-5H,1-2H3,(H,14,15). The fraction of sp³-hybridized carbons (Fsp3) is 0.273. The maximum atomic E-state index is 13.6. The number of benzene rings is 1. The minimum Gasteiger partial charge on any atom is -0.478 e. The third-order valence-corrected chi connectivity index (χ3v) is 2.00. The van der Waals surface area contributed by atoms with Crippen LogP contribution in [0, 0.1) is 11.3 Å². The first-order valence-electron chi connectivity index (χ1n) is 4.32. The van der Waals surface area contributed by atoms with Gasteiger partial charge in [-0.15, -0.1) is 0 Å². The summed E-state index contributed by atoms with van der Waals surface area (Å²) in [6.45, 7) is 2.63. The van der Waals surface area contributed by atoms with Crippen molar-refractivity contribution in [3.8, 4) is 6.07 Å². The summed E-state index contributed by atoms with van der Waals surface area (Å²) >= 11 is 0. The van der Waals surface area contributed by atoms with Crippen LogP contribution < -0.4 is 0 Å². The van der Waals surface area contributed by atoms with E-state index in [1.54, 1.807) is 6.07 Å². The van der Waals surface area contributed by atoms with E-state index >= 15 is 0 Å². The van der Waals surface area contributed by atoms with Gasteiger partial charge in [-0.2, -0.15) is 5.26 Å². The van der Waals surface area contributed by atoms with Crippen molar-refractivity contribution in [2.45, 2.75) is 19.5 Å². The van der Waals surface area contributed by atoms with Crippen LogP contribution in [0.2, 0.25) is 0 Å². The van der Waals surface area contributed by atoms with Crippen molar-refractivity contribution < 1.29 is 14.3 Å². The second-order valence-corrected chi connectivity index (χ2v) is 3.69. The Morgan fingerprint density at radius 1 is 1.47 bits per heavy atom. The van der Waals surface area contributed by atoms with Crippen LogP contribution in [-0.2, 0) is 5.67 Å². The van der Waals surface area contributed by atoms with Gasteiger partial charge in [0.2, 0.25) is 0 Å². The van der Waals surface area contributed by atoms with Crippen LogP contribution in [0.4, 0.5) is 4.39 Å². The number of carboxylic acids is 1. The summed E-state index contributed by atoms with van der Waals surface area (Å²) in [4.78, 5) is 10.7. The van der Waals surface area contributed by atoms with Crippen molar-refractivity contribution in [1.82, 2.24) is 0 Å². The number of aromatic carboxylic acids is 1. The molecule has 1 aromatic carbocycles. The van der Waals surface area contributed by atoms with E-state index in [2.05, 4.69) is 0 Å². The van der Waals surface area contributed by atoms with Gasteiger partial charge in [0.25, 0.3) is 0 Å². The van der Waals surface area contributed by atoms with Crippen molar-refractivity contribution in [3.05, 3.63) is 34.9 Å². The monoisotopic (exact) mass is 207 g/mol. The fourth-order valence-corrected chi connectivity index (χ4v) is 1.16. The van der Waals surface area contributed by atoms with Crippen molar-refractivity contribution in [2.75, 3.05) is 0 Å². The predicted molar refractivity (Wildman–Crippen MR) is 52.3 cm³/mol. The van der Waals surface area contributed by atoms with E-state index in [0.29, 0.717) is 0 Å². The van der Waals surface area contributed by atoms with E-state index in [0.717, 1.165) is 0 Å². The molecule has 0 aromatic heterocycles. The van der Waals surface area contributed by atoms with E-state index in [1.807, 2.05) is 0 Å². The summed E-state index contributed by atoms with van der Waals surface area (Å²) in [5.41, 5.74) is -1.39. The molecule has 3 nitrogen and oxygen atoms in total. The number of alkyl halides is 1. The number of nitrogens with zero attached hydrogens (tertiary/aromatic N) is 1. The van der Waals surface area contributed by atoms with Gasteiger partial charge in [0.1, 0.15) is 5.67 Å². The summed E-state index contributed by atoms with van der Waals surface area (Å²) in [5.74, 6) is -1.17. The van der Waals surface area contributed by atoms with Gasteiger partial charge in [-0.1, -0.05) is 0 Å². The Morgan fingerprint density at radius 2 is 2.07 bits per heavy atom. The Balaban J connectivity index is 3.38. The summed E-state index contributed by atoms with van der Waals surface area (Å²) in [6, 6.07) is 5.62. The lowest BCUT2D eigenvalue weighted by Crippen LogP contribution is -2.11. The third-order valence-electron chi connectivity index (χ3n) is 2.00. The van der Waals surface area contributed by atoms with Crippen molar-refractivity contribution in [2.24, 2.45) is 0 Å². The number of nitriles is 1. The fourth-order valence-electron chi connectivity index (χ4n) is 1.16. The highest BCUT2D eigenvalue weighted by Gasteiger charge is 2.21. The quantitative estimate of drug-likeness (QED) is 0.810. The molecule has 15 heavy (non-hydrogen) atoms. The topological polar surface area (TPSA) is 61.1 Å².